The topological polar surface area (TPSA) is 81.2 Å². The van der Waals surface area contributed by atoms with Crippen LogP contribution in [0.2, 0.25) is 5.02 Å². The van der Waals surface area contributed by atoms with Crippen LogP contribution >= 0.6 is 11.6 Å². The summed E-state index contributed by atoms with van der Waals surface area (Å²) in [5.41, 5.74) is 6.67. The quantitative estimate of drug-likeness (QED) is 0.872. The van der Waals surface area contributed by atoms with E-state index in [1.807, 2.05) is 0 Å². The van der Waals surface area contributed by atoms with Gasteiger partial charge < -0.3 is 15.5 Å². The zero-order valence-corrected chi connectivity index (χ0v) is 9.57. The fourth-order valence-corrected chi connectivity index (χ4v) is 1.49. The van der Waals surface area contributed by atoms with Gasteiger partial charge in [-0.15, -0.1) is 0 Å². The third-order valence-corrected chi connectivity index (χ3v) is 2.46. The summed E-state index contributed by atoms with van der Waals surface area (Å²) in [5, 5.41) is 2.97. The number of amides is 1. The molecule has 0 unspecified atom stereocenters. The van der Waals surface area contributed by atoms with Gasteiger partial charge in [0.25, 0.3) is 5.91 Å². The van der Waals surface area contributed by atoms with Crippen molar-refractivity contribution in [3.05, 3.63) is 47.0 Å². The lowest BCUT2D eigenvalue weighted by atomic mass is 10.2. The summed E-state index contributed by atoms with van der Waals surface area (Å²) >= 11 is 5.85. The molecule has 5 nitrogen and oxygen atoms in total. The average Bonchev–Trinajstić information content (AvgIpc) is 2.82. The van der Waals surface area contributed by atoms with Crippen LogP contribution in [0.4, 0.5) is 5.82 Å². The van der Waals surface area contributed by atoms with Crippen molar-refractivity contribution in [2.75, 3.05) is 5.73 Å². The maximum Gasteiger partial charge on any atom is 0.253 e. The number of rotatable bonds is 3. The Kier molecular flexibility index (Phi) is 3.30. The smallest absolute Gasteiger partial charge is 0.253 e. The normalized spacial score (nSPS) is 10.2. The van der Waals surface area contributed by atoms with Crippen molar-refractivity contribution in [2.24, 2.45) is 0 Å². The number of nitrogens with one attached hydrogen (secondary N) is 1. The number of nitrogens with zero attached hydrogens (tertiary/aromatic N) is 1. The maximum atomic E-state index is 11.8. The molecule has 0 aliphatic rings. The summed E-state index contributed by atoms with van der Waals surface area (Å²) in [4.78, 5) is 15.6. The van der Waals surface area contributed by atoms with Gasteiger partial charge in [0.15, 0.2) is 0 Å². The molecule has 0 fully saturated rings. The second-order valence-electron chi connectivity index (χ2n) is 3.40. The van der Waals surface area contributed by atoms with E-state index in [4.69, 9.17) is 21.8 Å². The van der Waals surface area contributed by atoms with E-state index in [-0.39, 0.29) is 16.7 Å². The summed E-state index contributed by atoms with van der Waals surface area (Å²) in [6, 6.07) is 3.20. The van der Waals surface area contributed by atoms with Gasteiger partial charge in [-0.2, -0.15) is 0 Å². The molecule has 0 saturated heterocycles. The van der Waals surface area contributed by atoms with Gasteiger partial charge in [0, 0.05) is 18.3 Å². The van der Waals surface area contributed by atoms with Crippen molar-refractivity contribution in [3.8, 4) is 0 Å². The van der Waals surface area contributed by atoms with E-state index in [2.05, 4.69) is 10.3 Å². The predicted octanol–water partition coefficient (Wildman–Crippen LogP) is 1.84. The standard InChI is InChI=1S/C11H10ClN3O2/c12-9-5-14-10(13)3-8(9)11(16)15-4-7-1-2-17-6-7/h1-3,5-6H,4H2,(H2,13,14)(H,15,16). The van der Waals surface area contributed by atoms with Crippen molar-refractivity contribution in [1.82, 2.24) is 10.3 Å². The van der Waals surface area contributed by atoms with Crippen LogP contribution in [-0.2, 0) is 6.54 Å². The molecule has 0 aromatic carbocycles. The second-order valence-corrected chi connectivity index (χ2v) is 3.81. The Hall–Kier alpha value is -2.01. The number of anilines is 1. The summed E-state index contributed by atoms with van der Waals surface area (Å²) in [7, 11) is 0. The zero-order valence-electron chi connectivity index (χ0n) is 8.81. The maximum absolute atomic E-state index is 11.8. The molecule has 0 bridgehead atoms. The molecule has 0 radical (unpaired) electrons. The van der Waals surface area contributed by atoms with E-state index >= 15 is 0 Å². The van der Waals surface area contributed by atoms with E-state index in [0.29, 0.717) is 12.1 Å². The summed E-state index contributed by atoms with van der Waals surface area (Å²) in [6.07, 6.45) is 4.45. The van der Waals surface area contributed by atoms with Crippen molar-refractivity contribution in [1.29, 1.82) is 0 Å². The molecular weight excluding hydrogens is 242 g/mol. The summed E-state index contributed by atoms with van der Waals surface area (Å²) in [6.45, 7) is 0.369. The number of nitrogens with two attached hydrogens (primary N) is 1. The Balaban J connectivity index is 2.07. The lowest BCUT2D eigenvalue weighted by Crippen LogP contribution is -2.23. The number of pyridine rings is 1. The number of hydrogen-bond acceptors (Lipinski definition) is 4. The molecule has 88 valence electrons. The Labute approximate surface area is 103 Å². The van der Waals surface area contributed by atoms with Crippen molar-refractivity contribution >= 4 is 23.3 Å². The average molecular weight is 252 g/mol. The monoisotopic (exact) mass is 251 g/mol. The van der Waals surface area contributed by atoms with Crippen LogP contribution in [0.15, 0.2) is 35.3 Å². The van der Waals surface area contributed by atoms with Crippen LogP contribution in [0.1, 0.15) is 15.9 Å². The molecule has 0 aliphatic heterocycles. The summed E-state index contributed by atoms with van der Waals surface area (Å²) in [5.74, 6) is -0.0480. The van der Waals surface area contributed by atoms with Gasteiger partial charge in [-0.25, -0.2) is 4.98 Å². The molecule has 2 rings (SSSR count). The molecule has 17 heavy (non-hydrogen) atoms. The van der Waals surface area contributed by atoms with Gasteiger partial charge in [0.2, 0.25) is 0 Å². The minimum absolute atomic E-state index is 0.253. The molecule has 2 heterocycles. The number of halogens is 1. The SMILES string of the molecule is Nc1cc(C(=O)NCc2ccoc2)c(Cl)cn1. The molecular formula is C11H10ClN3O2. The van der Waals surface area contributed by atoms with Crippen LogP contribution in [0.3, 0.4) is 0 Å². The number of furan rings is 1. The first-order valence-corrected chi connectivity index (χ1v) is 5.25. The molecule has 0 aliphatic carbocycles. The molecule has 0 saturated carbocycles. The number of nitrogen functional groups attached to an aromatic ring is 1. The minimum Gasteiger partial charge on any atom is -0.472 e. The van der Waals surface area contributed by atoms with E-state index in [0.717, 1.165) is 5.56 Å². The third-order valence-electron chi connectivity index (χ3n) is 2.15. The van der Waals surface area contributed by atoms with Gasteiger partial charge in [-0.1, -0.05) is 11.6 Å². The Bertz CT molecular complexity index is 526. The van der Waals surface area contributed by atoms with Crippen LogP contribution in [0.5, 0.6) is 0 Å². The highest BCUT2D eigenvalue weighted by atomic mass is 35.5. The third kappa shape index (κ3) is 2.76. The van der Waals surface area contributed by atoms with Gasteiger partial charge in [-0.3, -0.25) is 4.79 Å². The van der Waals surface area contributed by atoms with Gasteiger partial charge >= 0.3 is 0 Å². The van der Waals surface area contributed by atoms with E-state index in [9.17, 15) is 4.79 Å². The fraction of sp³-hybridized carbons (Fsp3) is 0.0909. The Morgan fingerprint density at radius 2 is 2.41 bits per heavy atom. The Morgan fingerprint density at radius 1 is 1.59 bits per heavy atom. The van der Waals surface area contributed by atoms with Crippen LogP contribution in [0, 0.1) is 0 Å². The Morgan fingerprint density at radius 3 is 3.12 bits per heavy atom. The molecule has 2 aromatic heterocycles. The van der Waals surface area contributed by atoms with Crippen LogP contribution in [-0.4, -0.2) is 10.9 Å². The molecule has 3 N–H and O–H groups in total. The predicted molar refractivity (Wildman–Crippen MR) is 63.5 cm³/mol. The van der Waals surface area contributed by atoms with Gasteiger partial charge in [0.05, 0.1) is 23.1 Å². The van der Waals surface area contributed by atoms with E-state index in [1.54, 1.807) is 18.6 Å². The van der Waals surface area contributed by atoms with Gasteiger partial charge in [-0.05, 0) is 12.1 Å². The molecule has 0 spiro atoms. The first-order valence-electron chi connectivity index (χ1n) is 4.87. The molecule has 2 aromatic rings. The summed E-state index contributed by atoms with van der Waals surface area (Å²) < 4.78 is 4.89. The van der Waals surface area contributed by atoms with E-state index in [1.165, 1.54) is 12.3 Å². The number of carbonyl (C=O) groups is 1. The van der Waals surface area contributed by atoms with Crippen molar-refractivity contribution < 1.29 is 9.21 Å². The first-order chi connectivity index (χ1) is 8.16. The lowest BCUT2D eigenvalue weighted by molar-refractivity contribution is 0.0951. The minimum atomic E-state index is -0.301. The fourth-order valence-electron chi connectivity index (χ4n) is 1.30. The number of carbonyl (C=O) groups excluding carboxylic acids is 1. The van der Waals surface area contributed by atoms with E-state index < -0.39 is 0 Å². The number of aromatic nitrogens is 1. The molecule has 1 amide bonds. The highest BCUT2D eigenvalue weighted by molar-refractivity contribution is 6.33. The largest absolute Gasteiger partial charge is 0.472 e. The highest BCUT2D eigenvalue weighted by Crippen LogP contribution is 2.16. The molecule has 6 heteroatoms. The van der Waals surface area contributed by atoms with Crippen LogP contribution in [0.25, 0.3) is 0 Å². The van der Waals surface area contributed by atoms with Gasteiger partial charge in [0.1, 0.15) is 5.82 Å². The zero-order chi connectivity index (χ0) is 12.3. The second kappa shape index (κ2) is 4.88. The van der Waals surface area contributed by atoms with Crippen molar-refractivity contribution in [3.63, 3.8) is 0 Å². The number of hydrogen-bond donors (Lipinski definition) is 2. The highest BCUT2D eigenvalue weighted by Gasteiger charge is 2.11. The van der Waals surface area contributed by atoms with Crippen molar-refractivity contribution in [2.45, 2.75) is 6.54 Å². The van der Waals surface area contributed by atoms with Crippen LogP contribution < -0.4 is 11.1 Å². The molecule has 0 atom stereocenters. The lowest BCUT2D eigenvalue weighted by Gasteiger charge is -2.05. The first kappa shape index (κ1) is 11.5.